The molecule has 0 radical (unpaired) electrons. The largest absolute Gasteiger partial charge is 0.329 e. The lowest BCUT2D eigenvalue weighted by Crippen LogP contribution is -1.95. The van der Waals surface area contributed by atoms with Crippen LogP contribution >= 0.6 is 22.9 Å². The lowest BCUT2D eigenvalue weighted by atomic mass is 10.3. The third kappa shape index (κ3) is 2.24. The van der Waals surface area contributed by atoms with Crippen molar-refractivity contribution < 1.29 is 8.78 Å². The maximum atomic E-state index is 13.2. The number of halogens is 3. The fraction of sp³-hybridized carbons (Fsp3) is 0. The highest BCUT2D eigenvalue weighted by molar-refractivity contribution is 7.14. The lowest BCUT2D eigenvalue weighted by Gasteiger charge is -2.03. The molecule has 1 aromatic carbocycles. The van der Waals surface area contributed by atoms with E-state index in [1.165, 1.54) is 23.5 Å². The topological polar surface area (TPSA) is 24.9 Å². The van der Waals surface area contributed by atoms with Gasteiger partial charge in [-0.05, 0) is 12.1 Å². The van der Waals surface area contributed by atoms with Crippen LogP contribution in [0.5, 0.6) is 0 Å². The van der Waals surface area contributed by atoms with Crippen LogP contribution in [-0.2, 0) is 0 Å². The van der Waals surface area contributed by atoms with Gasteiger partial charge in [0, 0.05) is 5.38 Å². The highest BCUT2D eigenvalue weighted by Crippen LogP contribution is 2.25. The highest BCUT2D eigenvalue weighted by Gasteiger charge is 2.08. The van der Waals surface area contributed by atoms with Gasteiger partial charge in [0.25, 0.3) is 0 Å². The summed E-state index contributed by atoms with van der Waals surface area (Å²) < 4.78 is 26.0. The van der Waals surface area contributed by atoms with Crippen molar-refractivity contribution in [2.75, 3.05) is 5.32 Å². The minimum absolute atomic E-state index is 0.0426. The second kappa shape index (κ2) is 4.12. The number of hydrogen-bond acceptors (Lipinski definition) is 3. The Bertz CT molecular complexity index is 487. The zero-order valence-corrected chi connectivity index (χ0v) is 8.87. The van der Waals surface area contributed by atoms with E-state index in [0.29, 0.717) is 10.3 Å². The van der Waals surface area contributed by atoms with E-state index < -0.39 is 11.6 Å². The molecule has 1 aromatic heterocycles. The van der Waals surface area contributed by atoms with Crippen molar-refractivity contribution in [3.63, 3.8) is 0 Å². The molecule has 0 aliphatic heterocycles. The SMILES string of the molecule is Fc1cccc(Nc2nc(Cl)cs2)c1F. The summed E-state index contributed by atoms with van der Waals surface area (Å²) >= 11 is 6.80. The minimum Gasteiger partial charge on any atom is -0.329 e. The number of rotatable bonds is 2. The van der Waals surface area contributed by atoms with Crippen LogP contribution in [0.4, 0.5) is 19.6 Å². The Balaban J connectivity index is 2.28. The number of benzene rings is 1. The summed E-state index contributed by atoms with van der Waals surface area (Å²) in [6.07, 6.45) is 0. The van der Waals surface area contributed by atoms with E-state index >= 15 is 0 Å². The molecule has 0 aliphatic rings. The molecule has 0 aliphatic carbocycles. The molecule has 1 N–H and O–H groups in total. The van der Waals surface area contributed by atoms with Crippen LogP contribution in [0.1, 0.15) is 0 Å². The normalized spacial score (nSPS) is 10.3. The van der Waals surface area contributed by atoms with Gasteiger partial charge in [-0.3, -0.25) is 0 Å². The Morgan fingerprint density at radius 1 is 1.33 bits per heavy atom. The molecule has 0 spiro atoms. The molecular formula is C9H5ClF2N2S. The highest BCUT2D eigenvalue weighted by atomic mass is 35.5. The van der Waals surface area contributed by atoms with Gasteiger partial charge in [0.2, 0.25) is 0 Å². The molecule has 2 aromatic rings. The van der Waals surface area contributed by atoms with E-state index in [1.807, 2.05) is 0 Å². The number of hydrogen-bond donors (Lipinski definition) is 1. The van der Waals surface area contributed by atoms with Gasteiger partial charge < -0.3 is 5.32 Å². The quantitative estimate of drug-likeness (QED) is 0.871. The molecule has 15 heavy (non-hydrogen) atoms. The van der Waals surface area contributed by atoms with Gasteiger partial charge in [0.15, 0.2) is 16.8 Å². The molecule has 1 heterocycles. The lowest BCUT2D eigenvalue weighted by molar-refractivity contribution is 0.512. The Morgan fingerprint density at radius 3 is 2.80 bits per heavy atom. The summed E-state index contributed by atoms with van der Waals surface area (Å²) in [4.78, 5) is 3.86. The van der Waals surface area contributed by atoms with Gasteiger partial charge in [-0.2, -0.15) is 0 Å². The molecule has 78 valence electrons. The van der Waals surface area contributed by atoms with Gasteiger partial charge in [0.05, 0.1) is 5.69 Å². The summed E-state index contributed by atoms with van der Waals surface area (Å²) in [7, 11) is 0. The maximum absolute atomic E-state index is 13.2. The molecule has 0 bridgehead atoms. The maximum Gasteiger partial charge on any atom is 0.188 e. The molecule has 0 unspecified atom stereocenters. The zero-order valence-electron chi connectivity index (χ0n) is 7.30. The first kappa shape index (κ1) is 10.3. The Kier molecular flexibility index (Phi) is 2.83. The van der Waals surface area contributed by atoms with Gasteiger partial charge in [0.1, 0.15) is 5.15 Å². The molecule has 0 saturated carbocycles. The summed E-state index contributed by atoms with van der Waals surface area (Å²) in [6, 6.07) is 3.89. The molecule has 0 atom stereocenters. The molecule has 0 saturated heterocycles. The molecule has 2 nitrogen and oxygen atoms in total. The molecule has 6 heteroatoms. The van der Waals surface area contributed by atoms with Crippen LogP contribution in [-0.4, -0.2) is 4.98 Å². The third-order valence-electron chi connectivity index (χ3n) is 1.67. The van der Waals surface area contributed by atoms with Crippen LogP contribution in [0.25, 0.3) is 0 Å². The van der Waals surface area contributed by atoms with Crippen molar-refractivity contribution in [3.8, 4) is 0 Å². The van der Waals surface area contributed by atoms with E-state index in [0.717, 1.165) is 6.07 Å². The predicted molar refractivity (Wildman–Crippen MR) is 56.8 cm³/mol. The number of thiazole rings is 1. The summed E-state index contributed by atoms with van der Waals surface area (Å²) in [5, 5.41) is 4.98. The summed E-state index contributed by atoms with van der Waals surface area (Å²) in [5.41, 5.74) is 0.0426. The van der Waals surface area contributed by atoms with Crippen molar-refractivity contribution in [1.29, 1.82) is 0 Å². The third-order valence-corrected chi connectivity index (χ3v) is 2.75. The molecule has 0 amide bonds. The van der Waals surface area contributed by atoms with E-state index in [2.05, 4.69) is 10.3 Å². The number of nitrogens with zero attached hydrogens (tertiary/aromatic N) is 1. The van der Waals surface area contributed by atoms with Crippen LogP contribution < -0.4 is 5.32 Å². The van der Waals surface area contributed by atoms with Crippen molar-refractivity contribution in [2.45, 2.75) is 0 Å². The first-order valence-corrected chi connectivity index (χ1v) is 5.24. The molecule has 2 rings (SSSR count). The van der Waals surface area contributed by atoms with Crippen molar-refractivity contribution in [3.05, 3.63) is 40.4 Å². The standard InChI is InChI=1S/C9H5ClF2N2S/c10-7-4-15-9(14-7)13-6-3-1-2-5(11)8(6)12/h1-4H,(H,13,14). The Labute approximate surface area is 93.5 Å². The van der Waals surface area contributed by atoms with E-state index in [1.54, 1.807) is 5.38 Å². The molecular weight excluding hydrogens is 242 g/mol. The number of anilines is 2. The summed E-state index contributed by atoms with van der Waals surface area (Å²) in [5.74, 6) is -1.83. The average Bonchev–Trinajstić information content (AvgIpc) is 2.59. The minimum atomic E-state index is -0.927. The first-order chi connectivity index (χ1) is 7.16. The van der Waals surface area contributed by atoms with Gasteiger partial charge in [-0.25, -0.2) is 13.8 Å². The summed E-state index contributed by atoms with van der Waals surface area (Å²) in [6.45, 7) is 0. The van der Waals surface area contributed by atoms with E-state index in [9.17, 15) is 8.78 Å². The Morgan fingerprint density at radius 2 is 2.13 bits per heavy atom. The predicted octanol–water partition coefficient (Wildman–Crippen LogP) is 3.82. The van der Waals surface area contributed by atoms with Gasteiger partial charge in [-0.1, -0.05) is 17.7 Å². The number of nitrogens with one attached hydrogen (secondary N) is 1. The average molecular weight is 247 g/mol. The second-order valence-corrected chi connectivity index (χ2v) is 3.95. The smallest absolute Gasteiger partial charge is 0.188 e. The second-order valence-electron chi connectivity index (χ2n) is 2.70. The monoisotopic (exact) mass is 246 g/mol. The van der Waals surface area contributed by atoms with Crippen LogP contribution in [0.3, 0.4) is 0 Å². The van der Waals surface area contributed by atoms with E-state index in [4.69, 9.17) is 11.6 Å². The van der Waals surface area contributed by atoms with Crippen molar-refractivity contribution >= 4 is 33.8 Å². The van der Waals surface area contributed by atoms with E-state index in [-0.39, 0.29) is 5.69 Å². The van der Waals surface area contributed by atoms with Crippen molar-refractivity contribution in [2.24, 2.45) is 0 Å². The van der Waals surface area contributed by atoms with Crippen LogP contribution in [0.15, 0.2) is 23.6 Å². The van der Waals surface area contributed by atoms with Gasteiger partial charge in [-0.15, -0.1) is 11.3 Å². The van der Waals surface area contributed by atoms with Crippen molar-refractivity contribution in [1.82, 2.24) is 4.98 Å². The molecule has 0 fully saturated rings. The fourth-order valence-electron chi connectivity index (χ4n) is 1.03. The zero-order chi connectivity index (χ0) is 10.8. The van der Waals surface area contributed by atoms with Gasteiger partial charge >= 0.3 is 0 Å². The van der Waals surface area contributed by atoms with Crippen LogP contribution in [0, 0.1) is 11.6 Å². The number of aromatic nitrogens is 1. The Hall–Kier alpha value is -1.20. The van der Waals surface area contributed by atoms with Crippen LogP contribution in [0.2, 0.25) is 5.15 Å². The fourth-order valence-corrected chi connectivity index (χ4v) is 1.88. The first-order valence-electron chi connectivity index (χ1n) is 3.99.